The van der Waals surface area contributed by atoms with E-state index in [1.807, 2.05) is 6.92 Å². The van der Waals surface area contributed by atoms with E-state index < -0.39 is 0 Å². The van der Waals surface area contributed by atoms with Crippen molar-refractivity contribution in [1.29, 1.82) is 0 Å². The molecule has 0 aliphatic heterocycles. The fourth-order valence-electron chi connectivity index (χ4n) is 2.10. The third-order valence-corrected chi connectivity index (χ3v) is 2.92. The first kappa shape index (κ1) is 10.5. The van der Waals surface area contributed by atoms with Crippen LogP contribution in [-0.4, -0.2) is 19.1 Å². The van der Waals surface area contributed by atoms with E-state index in [1.165, 1.54) is 12.8 Å². The van der Waals surface area contributed by atoms with Crippen LogP contribution in [0.2, 0.25) is 0 Å². The summed E-state index contributed by atoms with van der Waals surface area (Å²) in [5, 5.41) is 0. The first-order valence-corrected chi connectivity index (χ1v) is 5.08. The predicted molar refractivity (Wildman–Crippen MR) is 51.2 cm³/mol. The lowest BCUT2D eigenvalue weighted by Crippen LogP contribution is -2.30. The van der Waals surface area contributed by atoms with Crippen molar-refractivity contribution in [2.24, 2.45) is 11.1 Å². The molecular weight excluding hydrogens is 166 g/mol. The highest BCUT2D eigenvalue weighted by molar-refractivity contribution is 5.70. The van der Waals surface area contributed by atoms with E-state index in [0.29, 0.717) is 19.6 Å². The molecule has 0 atom stereocenters. The molecule has 76 valence electrons. The summed E-state index contributed by atoms with van der Waals surface area (Å²) >= 11 is 0. The molecule has 3 nitrogen and oxygen atoms in total. The third-order valence-electron chi connectivity index (χ3n) is 2.92. The van der Waals surface area contributed by atoms with Crippen molar-refractivity contribution >= 4 is 5.97 Å². The molecule has 13 heavy (non-hydrogen) atoms. The molecule has 1 aliphatic carbocycles. The summed E-state index contributed by atoms with van der Waals surface area (Å²) in [7, 11) is 0. The largest absolute Gasteiger partial charge is 0.466 e. The number of rotatable bonds is 4. The maximum atomic E-state index is 11.3. The van der Waals surface area contributed by atoms with Crippen LogP contribution < -0.4 is 5.73 Å². The zero-order valence-electron chi connectivity index (χ0n) is 8.34. The third kappa shape index (κ3) is 2.69. The van der Waals surface area contributed by atoms with Gasteiger partial charge in [-0.05, 0) is 31.7 Å². The molecule has 0 unspecified atom stereocenters. The number of ether oxygens (including phenoxy) is 1. The van der Waals surface area contributed by atoms with Gasteiger partial charge in [0.1, 0.15) is 0 Å². The second kappa shape index (κ2) is 4.61. The number of hydrogen-bond acceptors (Lipinski definition) is 3. The number of carbonyl (C=O) groups excluding carboxylic acids is 1. The lowest BCUT2D eigenvalue weighted by Gasteiger charge is -2.25. The van der Waals surface area contributed by atoms with Crippen molar-refractivity contribution in [3.8, 4) is 0 Å². The molecule has 2 N–H and O–H groups in total. The van der Waals surface area contributed by atoms with Gasteiger partial charge in [0.2, 0.25) is 0 Å². The Balaban J connectivity index is 2.43. The Kier molecular flexibility index (Phi) is 3.72. The lowest BCUT2D eigenvalue weighted by atomic mass is 9.83. The first-order chi connectivity index (χ1) is 6.22. The molecule has 0 radical (unpaired) electrons. The summed E-state index contributed by atoms with van der Waals surface area (Å²) in [5.74, 6) is -0.0881. The molecule has 1 fully saturated rings. The van der Waals surface area contributed by atoms with Crippen molar-refractivity contribution in [3.05, 3.63) is 0 Å². The minimum atomic E-state index is -0.0881. The minimum Gasteiger partial charge on any atom is -0.466 e. The Hall–Kier alpha value is -0.570. The van der Waals surface area contributed by atoms with Gasteiger partial charge < -0.3 is 10.5 Å². The van der Waals surface area contributed by atoms with Crippen molar-refractivity contribution in [2.75, 3.05) is 13.2 Å². The van der Waals surface area contributed by atoms with E-state index >= 15 is 0 Å². The zero-order chi connectivity index (χ0) is 9.73. The van der Waals surface area contributed by atoms with Gasteiger partial charge in [-0.25, -0.2) is 0 Å². The molecule has 0 bridgehead atoms. The van der Waals surface area contributed by atoms with Crippen molar-refractivity contribution in [3.63, 3.8) is 0 Å². The monoisotopic (exact) mass is 185 g/mol. The average molecular weight is 185 g/mol. The number of carbonyl (C=O) groups is 1. The van der Waals surface area contributed by atoms with Crippen LogP contribution in [-0.2, 0) is 9.53 Å². The summed E-state index contributed by atoms with van der Waals surface area (Å²) in [5.41, 5.74) is 5.77. The topological polar surface area (TPSA) is 52.3 Å². The van der Waals surface area contributed by atoms with Gasteiger partial charge in [-0.1, -0.05) is 12.8 Å². The van der Waals surface area contributed by atoms with Gasteiger partial charge in [-0.3, -0.25) is 4.79 Å². The van der Waals surface area contributed by atoms with Crippen LogP contribution in [0.25, 0.3) is 0 Å². The summed E-state index contributed by atoms with van der Waals surface area (Å²) in [4.78, 5) is 11.3. The van der Waals surface area contributed by atoms with Crippen molar-refractivity contribution in [1.82, 2.24) is 0 Å². The first-order valence-electron chi connectivity index (χ1n) is 5.08. The van der Waals surface area contributed by atoms with Crippen LogP contribution in [0.5, 0.6) is 0 Å². The van der Waals surface area contributed by atoms with Crippen LogP contribution in [0, 0.1) is 5.41 Å². The average Bonchev–Trinajstić information content (AvgIpc) is 2.54. The maximum absolute atomic E-state index is 11.3. The van der Waals surface area contributed by atoms with Gasteiger partial charge in [-0.2, -0.15) is 0 Å². The van der Waals surface area contributed by atoms with Gasteiger partial charge in [0.15, 0.2) is 0 Å². The van der Waals surface area contributed by atoms with Gasteiger partial charge in [0.25, 0.3) is 0 Å². The summed E-state index contributed by atoms with van der Waals surface area (Å²) in [6, 6.07) is 0. The van der Waals surface area contributed by atoms with Crippen molar-refractivity contribution in [2.45, 2.75) is 39.0 Å². The Labute approximate surface area is 79.6 Å². The number of nitrogens with two attached hydrogens (primary N) is 1. The predicted octanol–water partition coefficient (Wildman–Crippen LogP) is 1.46. The van der Waals surface area contributed by atoms with Crippen LogP contribution in [0.1, 0.15) is 39.0 Å². The van der Waals surface area contributed by atoms with Crippen LogP contribution >= 0.6 is 0 Å². The van der Waals surface area contributed by atoms with E-state index in [4.69, 9.17) is 10.5 Å². The Morgan fingerprint density at radius 2 is 2.08 bits per heavy atom. The van der Waals surface area contributed by atoms with E-state index in [1.54, 1.807) is 0 Å². The number of hydrogen-bond donors (Lipinski definition) is 1. The number of esters is 1. The van der Waals surface area contributed by atoms with E-state index in [-0.39, 0.29) is 11.4 Å². The molecule has 3 heteroatoms. The molecule has 0 saturated heterocycles. The van der Waals surface area contributed by atoms with Crippen LogP contribution in [0.15, 0.2) is 0 Å². The SMILES string of the molecule is CCOC(=O)CC1(CN)CCCC1. The Bertz CT molecular complexity index is 174. The summed E-state index contributed by atoms with van der Waals surface area (Å²) < 4.78 is 4.94. The molecular formula is C10H19NO2. The van der Waals surface area contributed by atoms with Crippen LogP contribution in [0.4, 0.5) is 0 Å². The molecule has 0 aromatic heterocycles. The Morgan fingerprint density at radius 3 is 2.54 bits per heavy atom. The normalized spacial score (nSPS) is 20.2. The van der Waals surface area contributed by atoms with E-state index in [0.717, 1.165) is 12.8 Å². The minimum absolute atomic E-state index is 0.0618. The van der Waals surface area contributed by atoms with E-state index in [2.05, 4.69) is 0 Å². The molecule has 0 amide bonds. The lowest BCUT2D eigenvalue weighted by molar-refractivity contribution is -0.145. The fourth-order valence-corrected chi connectivity index (χ4v) is 2.10. The smallest absolute Gasteiger partial charge is 0.306 e. The molecule has 1 saturated carbocycles. The molecule has 1 rings (SSSR count). The second-order valence-electron chi connectivity index (χ2n) is 3.89. The summed E-state index contributed by atoms with van der Waals surface area (Å²) in [6.07, 6.45) is 5.09. The Morgan fingerprint density at radius 1 is 1.46 bits per heavy atom. The molecule has 0 heterocycles. The van der Waals surface area contributed by atoms with Gasteiger partial charge in [0.05, 0.1) is 13.0 Å². The summed E-state index contributed by atoms with van der Waals surface area (Å²) in [6.45, 7) is 2.92. The highest BCUT2D eigenvalue weighted by Gasteiger charge is 2.34. The van der Waals surface area contributed by atoms with Crippen molar-refractivity contribution < 1.29 is 9.53 Å². The molecule has 0 spiro atoms. The molecule has 1 aliphatic rings. The maximum Gasteiger partial charge on any atom is 0.306 e. The van der Waals surface area contributed by atoms with Gasteiger partial charge in [-0.15, -0.1) is 0 Å². The highest BCUT2D eigenvalue weighted by atomic mass is 16.5. The molecule has 0 aromatic rings. The van der Waals surface area contributed by atoms with E-state index in [9.17, 15) is 4.79 Å². The zero-order valence-corrected chi connectivity index (χ0v) is 8.34. The molecule has 0 aromatic carbocycles. The van der Waals surface area contributed by atoms with Gasteiger partial charge in [0, 0.05) is 0 Å². The highest BCUT2D eigenvalue weighted by Crippen LogP contribution is 2.40. The van der Waals surface area contributed by atoms with Gasteiger partial charge >= 0.3 is 5.97 Å². The fraction of sp³-hybridized carbons (Fsp3) is 0.900. The quantitative estimate of drug-likeness (QED) is 0.674. The standard InChI is InChI=1S/C10H19NO2/c1-2-13-9(12)7-10(8-11)5-3-4-6-10/h2-8,11H2,1H3. The van der Waals surface area contributed by atoms with Crippen LogP contribution in [0.3, 0.4) is 0 Å². The second-order valence-corrected chi connectivity index (χ2v) is 3.89.